The Kier molecular flexibility index (Phi) is 3.17. The van der Waals surface area contributed by atoms with Gasteiger partial charge in [-0.1, -0.05) is 24.6 Å². The molecule has 1 saturated carbocycles. The molecule has 0 unspecified atom stereocenters. The summed E-state index contributed by atoms with van der Waals surface area (Å²) in [6, 6.07) is 6.56. The molecule has 15 heavy (non-hydrogen) atoms. The molecular weight excluding hydrogens is 208 g/mol. The van der Waals surface area contributed by atoms with Crippen molar-refractivity contribution in [3.63, 3.8) is 0 Å². The summed E-state index contributed by atoms with van der Waals surface area (Å²) in [4.78, 5) is 2.47. The molecule has 82 valence electrons. The monoisotopic (exact) mass is 224 g/mol. The molecule has 1 aromatic carbocycles. The van der Waals surface area contributed by atoms with E-state index in [9.17, 15) is 0 Å². The van der Waals surface area contributed by atoms with Crippen LogP contribution in [-0.4, -0.2) is 17.5 Å². The third kappa shape index (κ3) is 2.64. The molecule has 0 aromatic heterocycles. The number of hydrogen-bond acceptors (Lipinski definition) is 2. The molecule has 2 N–H and O–H groups in total. The Morgan fingerprint density at radius 3 is 2.73 bits per heavy atom. The van der Waals surface area contributed by atoms with Crippen LogP contribution >= 0.6 is 11.6 Å². The molecule has 0 heterocycles. The first-order chi connectivity index (χ1) is 7.20. The van der Waals surface area contributed by atoms with E-state index in [0.717, 1.165) is 29.8 Å². The molecular formula is C12H17ClN2. The Morgan fingerprint density at radius 1 is 1.47 bits per heavy atom. The molecule has 3 heteroatoms. The fourth-order valence-corrected chi connectivity index (χ4v) is 2.10. The second kappa shape index (κ2) is 4.42. The highest BCUT2D eigenvalue weighted by atomic mass is 35.5. The molecule has 0 bridgehead atoms. The fourth-order valence-electron chi connectivity index (χ4n) is 1.85. The molecule has 0 atom stereocenters. The number of nitrogen functional groups attached to an aromatic ring is 1. The van der Waals surface area contributed by atoms with Crippen molar-refractivity contribution in [1.82, 2.24) is 4.90 Å². The summed E-state index contributed by atoms with van der Waals surface area (Å²) in [6.07, 6.45) is 2.67. The first-order valence-electron chi connectivity index (χ1n) is 5.48. The standard InChI is InChI=1S/C12H17ClN2/c1-2-15(11-5-6-11)8-9-3-4-10(14)7-12(9)13/h3-4,7,11H,2,5-6,8,14H2,1H3. The van der Waals surface area contributed by atoms with E-state index in [-0.39, 0.29) is 0 Å². The van der Waals surface area contributed by atoms with E-state index in [1.807, 2.05) is 18.2 Å². The van der Waals surface area contributed by atoms with Crippen LogP contribution in [0.2, 0.25) is 5.02 Å². The highest BCUT2D eigenvalue weighted by molar-refractivity contribution is 6.31. The lowest BCUT2D eigenvalue weighted by molar-refractivity contribution is 0.269. The summed E-state index contributed by atoms with van der Waals surface area (Å²) >= 11 is 6.15. The summed E-state index contributed by atoms with van der Waals surface area (Å²) in [5.74, 6) is 0. The molecule has 2 rings (SSSR count). The van der Waals surface area contributed by atoms with Gasteiger partial charge in [0, 0.05) is 23.3 Å². The van der Waals surface area contributed by atoms with Gasteiger partial charge in [-0.2, -0.15) is 0 Å². The van der Waals surface area contributed by atoms with Gasteiger partial charge in [0.2, 0.25) is 0 Å². The van der Waals surface area contributed by atoms with Gasteiger partial charge >= 0.3 is 0 Å². The van der Waals surface area contributed by atoms with E-state index >= 15 is 0 Å². The summed E-state index contributed by atoms with van der Waals surface area (Å²) in [5.41, 5.74) is 7.58. The van der Waals surface area contributed by atoms with Crippen molar-refractivity contribution in [1.29, 1.82) is 0 Å². The largest absolute Gasteiger partial charge is 0.399 e. The highest BCUT2D eigenvalue weighted by Gasteiger charge is 2.27. The molecule has 0 saturated heterocycles. The van der Waals surface area contributed by atoms with E-state index in [1.165, 1.54) is 18.4 Å². The molecule has 0 aliphatic heterocycles. The molecule has 1 aliphatic rings. The molecule has 0 spiro atoms. The summed E-state index contributed by atoms with van der Waals surface area (Å²) in [5, 5.41) is 0.786. The van der Waals surface area contributed by atoms with Crippen LogP contribution in [0.1, 0.15) is 25.3 Å². The van der Waals surface area contributed by atoms with Gasteiger partial charge in [0.1, 0.15) is 0 Å². The van der Waals surface area contributed by atoms with Crippen LogP contribution < -0.4 is 5.73 Å². The van der Waals surface area contributed by atoms with Gasteiger partial charge in [-0.05, 0) is 37.1 Å². The maximum absolute atomic E-state index is 6.15. The zero-order valence-electron chi connectivity index (χ0n) is 9.04. The summed E-state index contributed by atoms with van der Waals surface area (Å²) < 4.78 is 0. The number of nitrogens with two attached hydrogens (primary N) is 1. The van der Waals surface area contributed by atoms with Crippen molar-refractivity contribution in [3.05, 3.63) is 28.8 Å². The lowest BCUT2D eigenvalue weighted by Gasteiger charge is -2.20. The van der Waals surface area contributed by atoms with E-state index in [2.05, 4.69) is 11.8 Å². The zero-order valence-corrected chi connectivity index (χ0v) is 9.80. The molecule has 0 radical (unpaired) electrons. The quantitative estimate of drug-likeness (QED) is 0.797. The number of rotatable bonds is 4. The lowest BCUT2D eigenvalue weighted by Crippen LogP contribution is -2.25. The summed E-state index contributed by atoms with van der Waals surface area (Å²) in [7, 11) is 0. The van der Waals surface area contributed by atoms with Crippen molar-refractivity contribution in [2.24, 2.45) is 0 Å². The Labute approximate surface area is 96.0 Å². The number of halogens is 1. The third-order valence-electron chi connectivity index (χ3n) is 2.92. The summed E-state index contributed by atoms with van der Waals surface area (Å²) in [6.45, 7) is 4.23. The Balaban J connectivity index is 2.08. The Morgan fingerprint density at radius 2 is 2.20 bits per heavy atom. The first-order valence-corrected chi connectivity index (χ1v) is 5.86. The van der Waals surface area contributed by atoms with Crippen molar-refractivity contribution in [2.45, 2.75) is 32.4 Å². The zero-order chi connectivity index (χ0) is 10.8. The third-order valence-corrected chi connectivity index (χ3v) is 3.27. The van der Waals surface area contributed by atoms with Crippen LogP contribution in [-0.2, 0) is 6.54 Å². The molecule has 1 aromatic rings. The molecule has 2 nitrogen and oxygen atoms in total. The first kappa shape index (κ1) is 10.8. The van der Waals surface area contributed by atoms with Crippen molar-refractivity contribution in [3.8, 4) is 0 Å². The normalized spacial score (nSPS) is 15.9. The lowest BCUT2D eigenvalue weighted by atomic mass is 10.2. The van der Waals surface area contributed by atoms with Crippen molar-refractivity contribution in [2.75, 3.05) is 12.3 Å². The van der Waals surface area contributed by atoms with Crippen LogP contribution in [0.5, 0.6) is 0 Å². The van der Waals surface area contributed by atoms with Crippen LogP contribution in [0.15, 0.2) is 18.2 Å². The van der Waals surface area contributed by atoms with Crippen molar-refractivity contribution < 1.29 is 0 Å². The minimum absolute atomic E-state index is 0.734. The smallest absolute Gasteiger partial charge is 0.0471 e. The number of hydrogen-bond donors (Lipinski definition) is 1. The maximum Gasteiger partial charge on any atom is 0.0471 e. The van der Waals surface area contributed by atoms with Gasteiger partial charge < -0.3 is 5.73 Å². The van der Waals surface area contributed by atoms with Gasteiger partial charge in [-0.25, -0.2) is 0 Å². The second-order valence-electron chi connectivity index (χ2n) is 4.15. The van der Waals surface area contributed by atoms with E-state index in [1.54, 1.807) is 0 Å². The van der Waals surface area contributed by atoms with Gasteiger partial charge in [-0.15, -0.1) is 0 Å². The van der Waals surface area contributed by atoms with Gasteiger partial charge in [0.05, 0.1) is 0 Å². The van der Waals surface area contributed by atoms with Crippen molar-refractivity contribution >= 4 is 17.3 Å². The van der Waals surface area contributed by atoms with E-state index in [4.69, 9.17) is 17.3 Å². The van der Waals surface area contributed by atoms with Crippen LogP contribution in [0.25, 0.3) is 0 Å². The SMILES string of the molecule is CCN(Cc1ccc(N)cc1Cl)C1CC1. The van der Waals surface area contributed by atoms with E-state index in [0.29, 0.717) is 0 Å². The number of benzene rings is 1. The van der Waals surface area contributed by atoms with Crippen LogP contribution in [0.4, 0.5) is 5.69 Å². The number of anilines is 1. The fraction of sp³-hybridized carbons (Fsp3) is 0.500. The topological polar surface area (TPSA) is 29.3 Å². The minimum Gasteiger partial charge on any atom is -0.399 e. The van der Waals surface area contributed by atoms with Crippen LogP contribution in [0, 0.1) is 0 Å². The van der Waals surface area contributed by atoms with Crippen LogP contribution in [0.3, 0.4) is 0 Å². The average molecular weight is 225 g/mol. The average Bonchev–Trinajstić information content (AvgIpc) is 3.00. The molecule has 1 fully saturated rings. The predicted molar refractivity (Wildman–Crippen MR) is 65.0 cm³/mol. The predicted octanol–water partition coefficient (Wildman–Crippen LogP) is 2.91. The maximum atomic E-state index is 6.15. The van der Waals surface area contributed by atoms with Gasteiger partial charge in [0.15, 0.2) is 0 Å². The molecule has 1 aliphatic carbocycles. The second-order valence-corrected chi connectivity index (χ2v) is 4.55. The van der Waals surface area contributed by atoms with Gasteiger partial charge in [0.25, 0.3) is 0 Å². The van der Waals surface area contributed by atoms with E-state index < -0.39 is 0 Å². The van der Waals surface area contributed by atoms with Gasteiger partial charge in [-0.3, -0.25) is 4.90 Å². The number of nitrogens with zero attached hydrogens (tertiary/aromatic N) is 1. The Bertz CT molecular complexity index is 347. The highest BCUT2D eigenvalue weighted by Crippen LogP contribution is 2.29. The Hall–Kier alpha value is -0.730. The minimum atomic E-state index is 0.734. The molecule has 0 amide bonds.